The van der Waals surface area contributed by atoms with Crippen LogP contribution in [0.3, 0.4) is 0 Å². The molecule has 4 bridgehead atoms. The van der Waals surface area contributed by atoms with Crippen molar-refractivity contribution < 1.29 is 0 Å². The molecule has 1 unspecified atom stereocenters. The fraction of sp³-hybridized carbons (Fsp3) is 0.917. The molecule has 77 valence electrons. The van der Waals surface area contributed by atoms with Crippen LogP contribution in [0.25, 0.3) is 0 Å². The highest BCUT2D eigenvalue weighted by atomic mass is 15.0. The van der Waals surface area contributed by atoms with Crippen molar-refractivity contribution in [3.63, 3.8) is 0 Å². The third kappa shape index (κ3) is 0.892. The molecule has 2 saturated carbocycles. The number of fused-ring (bicyclic) bond motifs is 4. The molecule has 0 spiro atoms. The van der Waals surface area contributed by atoms with Gasteiger partial charge < -0.3 is 10.6 Å². The summed E-state index contributed by atoms with van der Waals surface area (Å²) in [6, 6.07) is 0.788. The van der Waals surface area contributed by atoms with Gasteiger partial charge in [-0.15, -0.1) is 0 Å². The largest absolute Gasteiger partial charge is 0.316 e. The molecule has 4 aliphatic heterocycles. The molecule has 1 atom stereocenters. The Kier molecular flexibility index (Phi) is 1.47. The van der Waals surface area contributed by atoms with Crippen molar-refractivity contribution in [3.8, 4) is 0 Å². The lowest BCUT2D eigenvalue weighted by atomic mass is 9.50. The van der Waals surface area contributed by atoms with E-state index in [-0.39, 0.29) is 0 Å². The molecule has 0 aromatic carbocycles. The SMILES string of the molecule is C1NCC2(C3NCC4C[C]3C4)CC1C2. The fourth-order valence-corrected chi connectivity index (χ4v) is 4.38. The summed E-state index contributed by atoms with van der Waals surface area (Å²) in [5.41, 5.74) is 0.642. The van der Waals surface area contributed by atoms with Crippen LogP contribution in [-0.4, -0.2) is 25.7 Å². The van der Waals surface area contributed by atoms with Gasteiger partial charge in [-0.1, -0.05) is 0 Å². The second-order valence-electron chi connectivity index (χ2n) is 6.04. The van der Waals surface area contributed by atoms with Gasteiger partial charge in [-0.2, -0.15) is 0 Å². The summed E-state index contributed by atoms with van der Waals surface area (Å²) in [4.78, 5) is 0. The molecule has 0 aromatic heterocycles. The standard InChI is InChI=1S/C12H19N2/c1-8-2-10(1)11(14-6-8)12-3-9(4-12)5-13-7-12/h8-9,11,13-14H,1-7H2. The van der Waals surface area contributed by atoms with Gasteiger partial charge in [-0.05, 0) is 61.9 Å². The molecule has 2 heteroatoms. The maximum Gasteiger partial charge on any atom is 0.0198 e. The third-order valence-corrected chi connectivity index (χ3v) is 5.03. The van der Waals surface area contributed by atoms with E-state index in [4.69, 9.17) is 0 Å². The average molecular weight is 191 g/mol. The van der Waals surface area contributed by atoms with Crippen LogP contribution in [0, 0.1) is 23.2 Å². The van der Waals surface area contributed by atoms with E-state index in [1.165, 1.54) is 45.3 Å². The van der Waals surface area contributed by atoms with E-state index >= 15 is 0 Å². The van der Waals surface area contributed by atoms with Gasteiger partial charge in [0.1, 0.15) is 0 Å². The lowest BCUT2D eigenvalue weighted by molar-refractivity contribution is -0.0393. The van der Waals surface area contributed by atoms with Crippen LogP contribution in [0.4, 0.5) is 0 Å². The summed E-state index contributed by atoms with van der Waals surface area (Å²) >= 11 is 0. The summed E-state index contributed by atoms with van der Waals surface area (Å²) in [5.74, 6) is 3.86. The second kappa shape index (κ2) is 2.53. The maximum atomic E-state index is 3.79. The smallest absolute Gasteiger partial charge is 0.0198 e. The zero-order valence-corrected chi connectivity index (χ0v) is 8.68. The lowest BCUT2D eigenvalue weighted by Crippen LogP contribution is -2.68. The van der Waals surface area contributed by atoms with Gasteiger partial charge in [0.25, 0.3) is 0 Å². The highest BCUT2D eigenvalue weighted by Gasteiger charge is 2.57. The zero-order chi connectivity index (χ0) is 9.17. The van der Waals surface area contributed by atoms with E-state index in [0.29, 0.717) is 5.41 Å². The van der Waals surface area contributed by atoms with E-state index in [1.807, 2.05) is 5.92 Å². The first kappa shape index (κ1) is 8.12. The van der Waals surface area contributed by atoms with Crippen LogP contribution in [-0.2, 0) is 0 Å². The Labute approximate surface area is 85.8 Å². The Balaban J connectivity index is 1.56. The Bertz CT molecular complexity index is 243. The molecule has 4 heterocycles. The van der Waals surface area contributed by atoms with Crippen molar-refractivity contribution in [1.29, 1.82) is 0 Å². The van der Waals surface area contributed by atoms with Crippen molar-refractivity contribution in [1.82, 2.24) is 10.6 Å². The average Bonchev–Trinajstić information content (AvgIpc) is 2.16. The number of hydrogen-bond donors (Lipinski definition) is 2. The van der Waals surface area contributed by atoms with E-state index in [1.54, 1.807) is 0 Å². The molecule has 2 nitrogen and oxygen atoms in total. The highest BCUT2D eigenvalue weighted by molar-refractivity contribution is 5.24. The molecule has 4 saturated heterocycles. The predicted octanol–water partition coefficient (Wildman–Crippen LogP) is 0.942. The molecular weight excluding hydrogens is 172 g/mol. The molecule has 2 N–H and O–H groups in total. The first-order valence-electron chi connectivity index (χ1n) is 6.14. The topological polar surface area (TPSA) is 24.1 Å². The molecule has 6 aliphatic rings. The van der Waals surface area contributed by atoms with Gasteiger partial charge in [0.05, 0.1) is 0 Å². The minimum absolute atomic E-state index is 0.642. The minimum Gasteiger partial charge on any atom is -0.316 e. The molecular formula is C12H19N2. The van der Waals surface area contributed by atoms with Crippen LogP contribution in [0.5, 0.6) is 0 Å². The Hall–Kier alpha value is -0.0800. The monoisotopic (exact) mass is 191 g/mol. The second-order valence-corrected chi connectivity index (χ2v) is 6.04. The van der Waals surface area contributed by atoms with E-state index in [9.17, 15) is 0 Å². The van der Waals surface area contributed by atoms with Gasteiger partial charge in [0, 0.05) is 12.6 Å². The third-order valence-electron chi connectivity index (χ3n) is 5.03. The molecule has 0 amide bonds. The molecule has 6 rings (SSSR count). The molecule has 14 heavy (non-hydrogen) atoms. The van der Waals surface area contributed by atoms with E-state index in [2.05, 4.69) is 10.6 Å². The van der Waals surface area contributed by atoms with Crippen LogP contribution in [0.2, 0.25) is 0 Å². The molecule has 1 radical (unpaired) electrons. The quantitative estimate of drug-likeness (QED) is 0.644. The lowest BCUT2D eigenvalue weighted by Gasteiger charge is -2.62. The summed E-state index contributed by atoms with van der Waals surface area (Å²) in [6.45, 7) is 3.85. The van der Waals surface area contributed by atoms with Crippen molar-refractivity contribution in [3.05, 3.63) is 5.92 Å². The summed E-state index contributed by atoms with van der Waals surface area (Å²) in [5, 5.41) is 7.40. The molecule has 6 fully saturated rings. The van der Waals surface area contributed by atoms with Crippen molar-refractivity contribution in [2.45, 2.75) is 31.7 Å². The van der Waals surface area contributed by atoms with Gasteiger partial charge in [0.2, 0.25) is 0 Å². The molecule has 0 aromatic rings. The van der Waals surface area contributed by atoms with Gasteiger partial charge >= 0.3 is 0 Å². The number of piperidine rings is 4. The van der Waals surface area contributed by atoms with Crippen LogP contribution < -0.4 is 10.6 Å². The number of nitrogens with one attached hydrogen (secondary N) is 2. The summed E-state index contributed by atoms with van der Waals surface area (Å²) in [6.07, 6.45) is 5.88. The van der Waals surface area contributed by atoms with Crippen molar-refractivity contribution in [2.24, 2.45) is 17.3 Å². The van der Waals surface area contributed by atoms with Crippen molar-refractivity contribution in [2.75, 3.05) is 19.6 Å². The van der Waals surface area contributed by atoms with Crippen LogP contribution in [0.15, 0.2) is 0 Å². The van der Waals surface area contributed by atoms with Crippen LogP contribution in [0.1, 0.15) is 25.7 Å². The van der Waals surface area contributed by atoms with Gasteiger partial charge in [-0.25, -0.2) is 0 Å². The van der Waals surface area contributed by atoms with Gasteiger partial charge in [0.15, 0.2) is 0 Å². The first-order chi connectivity index (χ1) is 6.86. The summed E-state index contributed by atoms with van der Waals surface area (Å²) in [7, 11) is 0. The predicted molar refractivity (Wildman–Crippen MR) is 55.8 cm³/mol. The normalized spacial score (nSPS) is 56.1. The highest BCUT2D eigenvalue weighted by Crippen LogP contribution is 2.57. The van der Waals surface area contributed by atoms with E-state index in [0.717, 1.165) is 17.9 Å². The number of rotatable bonds is 1. The van der Waals surface area contributed by atoms with E-state index < -0.39 is 0 Å². The Morgan fingerprint density at radius 1 is 1.07 bits per heavy atom. The Morgan fingerprint density at radius 2 is 1.93 bits per heavy atom. The number of hydrogen-bond acceptors (Lipinski definition) is 2. The van der Waals surface area contributed by atoms with Crippen molar-refractivity contribution >= 4 is 0 Å². The maximum absolute atomic E-state index is 3.79. The van der Waals surface area contributed by atoms with Crippen LogP contribution >= 0.6 is 0 Å². The molecule has 2 aliphatic carbocycles. The first-order valence-corrected chi connectivity index (χ1v) is 6.14. The fourth-order valence-electron chi connectivity index (χ4n) is 4.38. The Morgan fingerprint density at radius 3 is 2.50 bits per heavy atom. The minimum atomic E-state index is 0.642. The zero-order valence-electron chi connectivity index (χ0n) is 8.68. The van der Waals surface area contributed by atoms with Gasteiger partial charge in [-0.3, -0.25) is 0 Å². The summed E-state index contributed by atoms with van der Waals surface area (Å²) < 4.78 is 0.